The molecule has 0 aromatic carbocycles. The minimum atomic E-state index is -0.133. The van der Waals surface area contributed by atoms with E-state index in [0.29, 0.717) is 18.7 Å². The van der Waals surface area contributed by atoms with Crippen LogP contribution in [0.1, 0.15) is 60.6 Å². The Morgan fingerprint density at radius 1 is 1.28 bits per heavy atom. The highest BCUT2D eigenvalue weighted by molar-refractivity contribution is 8.02. The fourth-order valence-electron chi connectivity index (χ4n) is 2.93. The van der Waals surface area contributed by atoms with E-state index in [4.69, 9.17) is 5.73 Å². The first-order chi connectivity index (χ1) is 15.6. The van der Waals surface area contributed by atoms with Crippen LogP contribution in [0.3, 0.4) is 0 Å². The standard InChI is InChI=1S/C26H38N4OS/c1-4-5-6-11-18-30-26(31)25-20-23(22(2)13-8-7-12-17-29-25)14-9-10-15-24(28-3)21-32-19-16-27/h7-10,12-13,16-17,19-20,24H,3-6,11,14-15,18,21,27H2,1-2H3,(H,30,31)/b8-7?,10-9+,12-7?,13-8?,17-12?,19-16-,22-13?,23-20?,23-22?,25-20?,29-17?,29-25?. The quantitative estimate of drug-likeness (QED) is 0.219. The highest BCUT2D eigenvalue weighted by Gasteiger charge is 2.07. The van der Waals surface area contributed by atoms with Crippen LogP contribution >= 0.6 is 11.8 Å². The first-order valence-corrected chi connectivity index (χ1v) is 12.3. The lowest BCUT2D eigenvalue weighted by molar-refractivity contribution is 0.0948. The third-order valence-electron chi connectivity index (χ3n) is 4.87. The number of thioether (sulfide) groups is 1. The highest BCUT2D eigenvalue weighted by Crippen LogP contribution is 2.12. The molecule has 0 spiro atoms. The lowest BCUT2D eigenvalue weighted by atomic mass is 10.1. The van der Waals surface area contributed by atoms with Gasteiger partial charge in [-0.3, -0.25) is 14.8 Å². The number of aryl methyl sites for hydroxylation is 1. The summed E-state index contributed by atoms with van der Waals surface area (Å²) in [6.45, 7) is 8.59. The number of hydrogen-bond acceptors (Lipinski definition) is 5. The molecular formula is C26H38N4OS. The van der Waals surface area contributed by atoms with Crippen molar-refractivity contribution in [3.8, 4) is 0 Å². The third kappa shape index (κ3) is 12.3. The number of nitrogens with two attached hydrogens (primary N) is 1. The molecule has 1 aromatic rings. The van der Waals surface area contributed by atoms with E-state index in [9.17, 15) is 4.79 Å². The molecule has 0 saturated heterocycles. The predicted octanol–water partition coefficient (Wildman–Crippen LogP) is 5.55. The van der Waals surface area contributed by atoms with Crippen LogP contribution in [-0.2, 0) is 6.42 Å². The van der Waals surface area contributed by atoms with Gasteiger partial charge in [-0.25, -0.2) is 0 Å². The van der Waals surface area contributed by atoms with E-state index in [-0.39, 0.29) is 11.9 Å². The number of rotatable bonds is 14. The smallest absolute Gasteiger partial charge is 0.269 e. The lowest BCUT2D eigenvalue weighted by Crippen LogP contribution is -2.25. The fraction of sp³-hybridized carbons (Fsp3) is 0.423. The van der Waals surface area contributed by atoms with Gasteiger partial charge >= 0.3 is 0 Å². The molecule has 5 nitrogen and oxygen atoms in total. The molecule has 174 valence electrons. The van der Waals surface area contributed by atoms with Gasteiger partial charge in [-0.05, 0) is 61.6 Å². The second-order valence-electron chi connectivity index (χ2n) is 7.49. The van der Waals surface area contributed by atoms with E-state index < -0.39 is 0 Å². The average Bonchev–Trinajstić information content (AvgIpc) is 2.80. The van der Waals surface area contributed by atoms with Crippen molar-refractivity contribution in [3.63, 3.8) is 0 Å². The molecule has 0 radical (unpaired) electrons. The fourth-order valence-corrected chi connectivity index (χ4v) is 3.62. The summed E-state index contributed by atoms with van der Waals surface area (Å²) in [4.78, 5) is 21.3. The Labute approximate surface area is 198 Å². The first kappa shape index (κ1) is 27.4. The molecule has 1 amide bonds. The summed E-state index contributed by atoms with van der Waals surface area (Å²) in [7, 11) is 0. The minimum absolute atomic E-state index is 0.133. The molecule has 1 atom stereocenters. The number of nitrogens with zero attached hydrogens (tertiary/aromatic N) is 2. The SMILES string of the molecule is C=NC(C/C=C/Cc1cc(C(=O)NCCCCCC)ncccccc1C)CS/C=C\N. The number of carbonyl (C=O) groups is 1. The van der Waals surface area contributed by atoms with Gasteiger partial charge in [0.25, 0.3) is 5.91 Å². The maximum atomic E-state index is 12.7. The van der Waals surface area contributed by atoms with E-state index in [1.165, 1.54) is 19.0 Å². The van der Waals surface area contributed by atoms with Crippen molar-refractivity contribution < 1.29 is 4.79 Å². The largest absolute Gasteiger partial charge is 0.404 e. The predicted molar refractivity (Wildman–Crippen MR) is 140 cm³/mol. The molecule has 1 unspecified atom stereocenters. The van der Waals surface area contributed by atoms with Crippen molar-refractivity contribution in [3.05, 3.63) is 77.1 Å². The molecular weight excluding hydrogens is 416 g/mol. The molecule has 0 saturated carbocycles. The molecule has 0 aliphatic carbocycles. The van der Waals surface area contributed by atoms with Crippen molar-refractivity contribution in [1.82, 2.24) is 10.3 Å². The Morgan fingerprint density at radius 2 is 2.12 bits per heavy atom. The van der Waals surface area contributed by atoms with E-state index in [1.807, 2.05) is 29.7 Å². The van der Waals surface area contributed by atoms with Crippen LogP contribution in [0.15, 0.2) is 65.3 Å². The summed E-state index contributed by atoms with van der Waals surface area (Å²) in [6, 6.07) is 9.83. The second kappa shape index (κ2) is 18.0. The number of unbranched alkanes of at least 4 members (excludes halogenated alkanes) is 3. The summed E-state index contributed by atoms with van der Waals surface area (Å²) in [5.41, 5.74) is 7.97. The van der Waals surface area contributed by atoms with E-state index in [2.05, 4.69) is 54.1 Å². The van der Waals surface area contributed by atoms with Gasteiger partial charge in [0.2, 0.25) is 0 Å². The van der Waals surface area contributed by atoms with Gasteiger partial charge in [0.05, 0.1) is 6.04 Å². The van der Waals surface area contributed by atoms with Gasteiger partial charge in [0.15, 0.2) is 0 Å². The number of allylic oxidation sites excluding steroid dienone is 1. The number of carbonyl (C=O) groups excluding carboxylic acids is 1. The molecule has 0 fully saturated rings. The molecule has 0 aliphatic rings. The van der Waals surface area contributed by atoms with Gasteiger partial charge in [-0.15, -0.1) is 11.8 Å². The van der Waals surface area contributed by atoms with Crippen molar-refractivity contribution in [1.29, 1.82) is 0 Å². The van der Waals surface area contributed by atoms with Crippen LogP contribution in [0.25, 0.3) is 0 Å². The summed E-state index contributed by atoms with van der Waals surface area (Å²) in [6.07, 6.45) is 13.4. The van der Waals surface area contributed by atoms with Gasteiger partial charge < -0.3 is 11.1 Å². The van der Waals surface area contributed by atoms with E-state index >= 15 is 0 Å². The zero-order valence-electron chi connectivity index (χ0n) is 19.5. The molecule has 1 rings (SSSR count). The molecule has 3 N–H and O–H groups in total. The second-order valence-corrected chi connectivity index (χ2v) is 8.42. The molecule has 32 heavy (non-hydrogen) atoms. The summed E-state index contributed by atoms with van der Waals surface area (Å²) < 4.78 is 0. The minimum Gasteiger partial charge on any atom is -0.404 e. The van der Waals surface area contributed by atoms with Crippen LogP contribution < -0.4 is 11.1 Å². The molecule has 1 aromatic heterocycles. The molecule has 0 bridgehead atoms. The van der Waals surface area contributed by atoms with Crippen LogP contribution in [0.5, 0.6) is 0 Å². The zero-order chi connectivity index (χ0) is 23.4. The summed E-state index contributed by atoms with van der Waals surface area (Å²) in [5, 5.41) is 4.86. The van der Waals surface area contributed by atoms with Crippen molar-refractivity contribution in [2.75, 3.05) is 12.3 Å². The Bertz CT molecular complexity index is 806. The number of aliphatic imine (C=N–C) groups is 1. The first-order valence-electron chi connectivity index (χ1n) is 11.3. The maximum absolute atomic E-state index is 12.7. The zero-order valence-corrected chi connectivity index (χ0v) is 20.3. The average molecular weight is 455 g/mol. The van der Waals surface area contributed by atoms with Crippen LogP contribution in [0.4, 0.5) is 0 Å². The molecule has 1 heterocycles. The van der Waals surface area contributed by atoms with Crippen LogP contribution in [0, 0.1) is 6.92 Å². The molecule has 0 aliphatic heterocycles. The van der Waals surface area contributed by atoms with Crippen molar-refractivity contribution in [2.24, 2.45) is 10.7 Å². The lowest BCUT2D eigenvalue weighted by Gasteiger charge is -2.07. The highest BCUT2D eigenvalue weighted by atomic mass is 32.2. The van der Waals surface area contributed by atoms with Crippen molar-refractivity contribution >= 4 is 24.4 Å². The topological polar surface area (TPSA) is 80.4 Å². The van der Waals surface area contributed by atoms with Gasteiger partial charge in [-0.2, -0.15) is 0 Å². The van der Waals surface area contributed by atoms with Gasteiger partial charge in [0, 0.05) is 24.7 Å². The van der Waals surface area contributed by atoms with Gasteiger partial charge in [-0.1, -0.05) is 56.5 Å². The van der Waals surface area contributed by atoms with Crippen molar-refractivity contribution in [2.45, 2.75) is 58.4 Å². The van der Waals surface area contributed by atoms with E-state index in [0.717, 1.165) is 36.1 Å². The Kier molecular flexibility index (Phi) is 15.4. The maximum Gasteiger partial charge on any atom is 0.269 e. The monoisotopic (exact) mass is 454 g/mol. The third-order valence-corrected chi connectivity index (χ3v) is 5.80. The Morgan fingerprint density at radius 3 is 2.88 bits per heavy atom. The Hall–Kier alpha value is -2.60. The van der Waals surface area contributed by atoms with Crippen LogP contribution in [0.2, 0.25) is 0 Å². The number of nitrogens with one attached hydrogen (secondary N) is 1. The van der Waals surface area contributed by atoms with Crippen LogP contribution in [-0.4, -0.2) is 35.9 Å². The summed E-state index contributed by atoms with van der Waals surface area (Å²) >= 11 is 1.63. The Balaban J connectivity index is 2.92. The van der Waals surface area contributed by atoms with Gasteiger partial charge in [0.1, 0.15) is 5.69 Å². The number of aromatic nitrogens is 1. The molecule has 6 heteroatoms. The number of amides is 1. The number of hydrogen-bond donors (Lipinski definition) is 2. The van der Waals surface area contributed by atoms with E-state index in [1.54, 1.807) is 18.0 Å². The summed E-state index contributed by atoms with van der Waals surface area (Å²) in [5.74, 6) is 0.709. The normalized spacial score (nSPS) is 11.9.